The Hall–Kier alpha value is -1.39. The van der Waals surface area contributed by atoms with Crippen LogP contribution in [0.1, 0.15) is 47.4 Å². The molecule has 3 rings (SSSR count). The standard InChI is InChI=1S/C16H21NO3/c1-10-7-13(9-20-10)15(18)12-5-4-11-3-2-6-17-16(19)14(11)8-12/h4-5,8,10,13,15,18H,2-3,6-7,9H2,1H3,(H,17,19). The van der Waals surface area contributed by atoms with Crippen molar-refractivity contribution >= 4 is 5.91 Å². The summed E-state index contributed by atoms with van der Waals surface area (Å²) in [4.78, 5) is 12.0. The maximum Gasteiger partial charge on any atom is 0.251 e. The molecule has 4 heteroatoms. The fourth-order valence-electron chi connectivity index (χ4n) is 3.13. The Morgan fingerprint density at radius 1 is 1.45 bits per heavy atom. The lowest BCUT2D eigenvalue weighted by Gasteiger charge is -2.18. The molecule has 2 heterocycles. The number of benzene rings is 1. The predicted molar refractivity (Wildman–Crippen MR) is 75.6 cm³/mol. The number of hydrogen-bond acceptors (Lipinski definition) is 3. The van der Waals surface area contributed by atoms with Crippen molar-refractivity contribution < 1.29 is 14.6 Å². The summed E-state index contributed by atoms with van der Waals surface area (Å²) in [6.45, 7) is 3.34. The maximum atomic E-state index is 12.0. The molecule has 20 heavy (non-hydrogen) atoms. The van der Waals surface area contributed by atoms with Crippen molar-refractivity contribution in [3.8, 4) is 0 Å². The Morgan fingerprint density at radius 2 is 2.30 bits per heavy atom. The van der Waals surface area contributed by atoms with E-state index < -0.39 is 6.10 Å². The number of nitrogens with one attached hydrogen (secondary N) is 1. The second kappa shape index (κ2) is 5.54. The normalized spacial score (nSPS) is 27.6. The molecule has 1 aromatic carbocycles. The molecule has 1 aromatic rings. The van der Waals surface area contributed by atoms with Gasteiger partial charge in [0.05, 0.1) is 18.8 Å². The Labute approximate surface area is 119 Å². The van der Waals surface area contributed by atoms with E-state index in [1.165, 1.54) is 0 Å². The first-order chi connectivity index (χ1) is 9.65. The number of aliphatic hydroxyl groups excluding tert-OH is 1. The van der Waals surface area contributed by atoms with Crippen LogP contribution >= 0.6 is 0 Å². The van der Waals surface area contributed by atoms with E-state index in [0.29, 0.717) is 12.2 Å². The number of aliphatic hydroxyl groups is 1. The lowest BCUT2D eigenvalue weighted by atomic mass is 9.91. The minimum Gasteiger partial charge on any atom is -0.388 e. The second-order valence-electron chi connectivity index (χ2n) is 5.86. The van der Waals surface area contributed by atoms with E-state index in [0.717, 1.165) is 36.9 Å². The molecular formula is C16H21NO3. The summed E-state index contributed by atoms with van der Waals surface area (Å²) in [5.74, 6) is 0.0967. The molecule has 4 nitrogen and oxygen atoms in total. The van der Waals surface area contributed by atoms with E-state index in [1.54, 1.807) is 0 Å². The van der Waals surface area contributed by atoms with Gasteiger partial charge in [-0.15, -0.1) is 0 Å². The third kappa shape index (κ3) is 2.58. The van der Waals surface area contributed by atoms with Crippen molar-refractivity contribution in [1.29, 1.82) is 0 Å². The highest BCUT2D eigenvalue weighted by atomic mass is 16.5. The molecule has 0 aromatic heterocycles. The van der Waals surface area contributed by atoms with E-state index in [2.05, 4.69) is 5.32 Å². The third-order valence-electron chi connectivity index (χ3n) is 4.30. The zero-order chi connectivity index (χ0) is 14.1. The summed E-state index contributed by atoms with van der Waals surface area (Å²) in [7, 11) is 0. The van der Waals surface area contributed by atoms with Crippen molar-refractivity contribution in [3.05, 3.63) is 34.9 Å². The average Bonchev–Trinajstić information content (AvgIpc) is 2.80. The molecule has 0 saturated carbocycles. The Balaban J connectivity index is 1.86. The summed E-state index contributed by atoms with van der Waals surface area (Å²) in [5.41, 5.74) is 2.61. The Kier molecular flexibility index (Phi) is 3.76. The molecule has 0 aliphatic carbocycles. The summed E-state index contributed by atoms with van der Waals surface area (Å²) in [5, 5.41) is 13.4. The minimum atomic E-state index is -0.554. The van der Waals surface area contributed by atoms with Crippen LogP contribution in [0.25, 0.3) is 0 Å². The third-order valence-corrected chi connectivity index (χ3v) is 4.30. The first kappa shape index (κ1) is 13.6. The molecule has 2 N–H and O–H groups in total. The molecule has 3 atom stereocenters. The monoisotopic (exact) mass is 275 g/mol. The second-order valence-corrected chi connectivity index (χ2v) is 5.86. The van der Waals surface area contributed by atoms with Crippen LogP contribution in [0.2, 0.25) is 0 Å². The Morgan fingerprint density at radius 3 is 3.05 bits per heavy atom. The number of rotatable bonds is 2. The Bertz CT molecular complexity index is 514. The van der Waals surface area contributed by atoms with E-state index in [-0.39, 0.29) is 17.9 Å². The largest absolute Gasteiger partial charge is 0.388 e. The van der Waals surface area contributed by atoms with Gasteiger partial charge in [0.2, 0.25) is 0 Å². The van der Waals surface area contributed by atoms with Crippen molar-refractivity contribution in [2.75, 3.05) is 13.2 Å². The van der Waals surface area contributed by atoms with Gasteiger partial charge in [-0.3, -0.25) is 4.79 Å². The molecule has 0 spiro atoms. The van der Waals surface area contributed by atoms with E-state index in [1.807, 2.05) is 25.1 Å². The molecule has 0 radical (unpaired) electrons. The molecule has 2 aliphatic rings. The zero-order valence-electron chi connectivity index (χ0n) is 11.8. The van der Waals surface area contributed by atoms with Crippen LogP contribution < -0.4 is 5.32 Å². The summed E-state index contributed by atoms with van der Waals surface area (Å²) in [6.07, 6.45) is 2.40. The van der Waals surface area contributed by atoms with Gasteiger partial charge < -0.3 is 15.2 Å². The van der Waals surface area contributed by atoms with E-state index in [9.17, 15) is 9.90 Å². The van der Waals surface area contributed by atoms with Gasteiger partial charge >= 0.3 is 0 Å². The van der Waals surface area contributed by atoms with Crippen molar-refractivity contribution in [2.45, 2.75) is 38.4 Å². The topological polar surface area (TPSA) is 58.6 Å². The number of fused-ring (bicyclic) bond motifs is 1. The van der Waals surface area contributed by atoms with Crippen molar-refractivity contribution in [3.63, 3.8) is 0 Å². The molecule has 2 aliphatic heterocycles. The number of amides is 1. The first-order valence-corrected chi connectivity index (χ1v) is 7.36. The van der Waals surface area contributed by atoms with Gasteiger partial charge in [0, 0.05) is 18.0 Å². The van der Waals surface area contributed by atoms with Gasteiger partial charge in [0.25, 0.3) is 5.91 Å². The number of ether oxygens (including phenoxy) is 1. The number of carbonyl (C=O) groups is 1. The van der Waals surface area contributed by atoms with Crippen molar-refractivity contribution in [2.24, 2.45) is 5.92 Å². The van der Waals surface area contributed by atoms with Crippen LogP contribution in [0.4, 0.5) is 0 Å². The van der Waals surface area contributed by atoms with Crippen LogP contribution in [-0.4, -0.2) is 30.3 Å². The van der Waals surface area contributed by atoms with Crippen LogP contribution in [0, 0.1) is 5.92 Å². The minimum absolute atomic E-state index is 0.0254. The average molecular weight is 275 g/mol. The molecular weight excluding hydrogens is 254 g/mol. The highest BCUT2D eigenvalue weighted by Crippen LogP contribution is 2.32. The van der Waals surface area contributed by atoms with Crippen LogP contribution in [0.5, 0.6) is 0 Å². The lowest BCUT2D eigenvalue weighted by Crippen LogP contribution is -2.23. The van der Waals surface area contributed by atoms with Crippen LogP contribution in [-0.2, 0) is 11.2 Å². The quantitative estimate of drug-likeness (QED) is 0.865. The van der Waals surface area contributed by atoms with Gasteiger partial charge in [0.15, 0.2) is 0 Å². The van der Waals surface area contributed by atoms with Gasteiger partial charge in [-0.1, -0.05) is 12.1 Å². The number of hydrogen-bond donors (Lipinski definition) is 2. The van der Waals surface area contributed by atoms with Gasteiger partial charge in [-0.05, 0) is 43.4 Å². The predicted octanol–water partition coefficient (Wildman–Crippen LogP) is 1.82. The van der Waals surface area contributed by atoms with Gasteiger partial charge in [-0.2, -0.15) is 0 Å². The maximum absolute atomic E-state index is 12.0. The fourth-order valence-corrected chi connectivity index (χ4v) is 3.13. The highest BCUT2D eigenvalue weighted by molar-refractivity contribution is 5.96. The van der Waals surface area contributed by atoms with Crippen LogP contribution in [0.15, 0.2) is 18.2 Å². The number of aryl methyl sites for hydroxylation is 1. The van der Waals surface area contributed by atoms with Gasteiger partial charge in [-0.25, -0.2) is 0 Å². The molecule has 0 bridgehead atoms. The van der Waals surface area contributed by atoms with Crippen LogP contribution in [0.3, 0.4) is 0 Å². The molecule has 1 amide bonds. The number of carbonyl (C=O) groups excluding carboxylic acids is 1. The molecule has 108 valence electrons. The lowest BCUT2D eigenvalue weighted by molar-refractivity contribution is 0.0803. The fraction of sp³-hybridized carbons (Fsp3) is 0.562. The summed E-state index contributed by atoms with van der Waals surface area (Å²) < 4.78 is 5.52. The summed E-state index contributed by atoms with van der Waals surface area (Å²) in [6, 6.07) is 5.78. The summed E-state index contributed by atoms with van der Waals surface area (Å²) >= 11 is 0. The molecule has 1 saturated heterocycles. The van der Waals surface area contributed by atoms with Crippen molar-refractivity contribution in [1.82, 2.24) is 5.32 Å². The zero-order valence-corrected chi connectivity index (χ0v) is 11.8. The highest BCUT2D eigenvalue weighted by Gasteiger charge is 2.30. The van der Waals surface area contributed by atoms with E-state index >= 15 is 0 Å². The SMILES string of the molecule is CC1CC(C(O)c2ccc3c(c2)C(=O)NCCC3)CO1. The molecule has 3 unspecified atom stereocenters. The smallest absolute Gasteiger partial charge is 0.251 e. The van der Waals surface area contributed by atoms with Gasteiger partial charge in [0.1, 0.15) is 0 Å². The van der Waals surface area contributed by atoms with E-state index in [4.69, 9.17) is 4.74 Å². The first-order valence-electron chi connectivity index (χ1n) is 7.36. The molecule has 1 fully saturated rings.